The fraction of sp³-hybridized carbons (Fsp3) is 0.333. The number of pyridine rings is 1. The van der Waals surface area contributed by atoms with E-state index in [0.717, 1.165) is 0 Å². The molecule has 3 aromatic rings. The number of H-pyrrole nitrogens is 1. The molecule has 0 saturated carbocycles. The van der Waals surface area contributed by atoms with E-state index in [1.54, 1.807) is 25.1 Å². The number of aryl methyl sites for hydroxylation is 1. The summed E-state index contributed by atoms with van der Waals surface area (Å²) in [6, 6.07) is 6.55. The molecule has 0 unspecified atom stereocenters. The van der Waals surface area contributed by atoms with Crippen LogP contribution < -0.4 is 5.56 Å². The van der Waals surface area contributed by atoms with Crippen molar-refractivity contribution in [3.63, 3.8) is 0 Å². The van der Waals surface area contributed by atoms with Gasteiger partial charge in [0.15, 0.2) is 12.1 Å². The number of likely N-dealkylation sites (tertiary alicyclic amines) is 1. The molecule has 0 spiro atoms. The van der Waals surface area contributed by atoms with E-state index in [1.165, 1.54) is 6.07 Å². The Kier molecular flexibility index (Phi) is 5.19. The van der Waals surface area contributed by atoms with E-state index in [4.69, 9.17) is 0 Å². The number of hydrogen-bond acceptors (Lipinski definition) is 5. The maximum absolute atomic E-state index is 14.9. The number of halogens is 2. The molecular formula is C21H20F2N4O2. The monoisotopic (exact) mass is 398 g/mol. The molecule has 0 aliphatic carbocycles. The van der Waals surface area contributed by atoms with Gasteiger partial charge in [-0.15, -0.1) is 0 Å². The summed E-state index contributed by atoms with van der Waals surface area (Å²) in [6.07, 6.45) is 1.95. The van der Waals surface area contributed by atoms with Crippen molar-refractivity contribution in [1.29, 1.82) is 0 Å². The molecule has 6 nitrogen and oxygen atoms in total. The number of nitrogens with one attached hydrogen (secondary N) is 1. The minimum absolute atomic E-state index is 0.0180. The van der Waals surface area contributed by atoms with Gasteiger partial charge in [0, 0.05) is 17.7 Å². The third-order valence-corrected chi connectivity index (χ3v) is 5.50. The summed E-state index contributed by atoms with van der Waals surface area (Å²) in [6.45, 7) is 3.34. The average Bonchev–Trinajstić information content (AvgIpc) is 2.72. The van der Waals surface area contributed by atoms with Crippen LogP contribution in [0.5, 0.6) is 0 Å². The molecule has 1 aromatic carbocycles. The zero-order valence-electron chi connectivity index (χ0n) is 15.9. The van der Waals surface area contributed by atoms with E-state index in [0.29, 0.717) is 61.1 Å². The number of fused-ring (bicyclic) bond motifs is 1. The van der Waals surface area contributed by atoms with Gasteiger partial charge in [-0.2, -0.15) is 4.39 Å². The van der Waals surface area contributed by atoms with E-state index in [1.807, 2.05) is 0 Å². The molecule has 1 saturated heterocycles. The second-order valence-electron chi connectivity index (χ2n) is 7.37. The van der Waals surface area contributed by atoms with Gasteiger partial charge in [0.05, 0.1) is 5.52 Å². The molecule has 2 aromatic heterocycles. The van der Waals surface area contributed by atoms with E-state index in [-0.39, 0.29) is 17.1 Å². The SMILES string of the molecule is Cc1nc2ccc(CN3CCC(c4ccc(C=O)nc4F)CC3)c(F)c2[nH]c1=O. The quantitative estimate of drug-likeness (QED) is 0.540. The highest BCUT2D eigenvalue weighted by molar-refractivity contribution is 5.75. The molecule has 0 bridgehead atoms. The van der Waals surface area contributed by atoms with E-state index >= 15 is 0 Å². The molecule has 0 radical (unpaired) electrons. The molecule has 3 heterocycles. The number of aromatic amines is 1. The Balaban J connectivity index is 1.47. The van der Waals surface area contributed by atoms with Crippen molar-refractivity contribution in [3.05, 3.63) is 68.9 Å². The Hall–Kier alpha value is -3.00. The lowest BCUT2D eigenvalue weighted by Crippen LogP contribution is -2.33. The smallest absolute Gasteiger partial charge is 0.269 e. The van der Waals surface area contributed by atoms with Crippen molar-refractivity contribution in [1.82, 2.24) is 19.9 Å². The van der Waals surface area contributed by atoms with Crippen LogP contribution in [0.3, 0.4) is 0 Å². The van der Waals surface area contributed by atoms with Crippen molar-refractivity contribution in [2.75, 3.05) is 13.1 Å². The number of aromatic nitrogens is 3. The van der Waals surface area contributed by atoms with Crippen molar-refractivity contribution in [3.8, 4) is 0 Å². The van der Waals surface area contributed by atoms with Crippen molar-refractivity contribution in [2.45, 2.75) is 32.2 Å². The van der Waals surface area contributed by atoms with Crippen LogP contribution in [0.15, 0.2) is 29.1 Å². The topological polar surface area (TPSA) is 79.0 Å². The molecule has 1 aliphatic rings. The maximum atomic E-state index is 14.9. The summed E-state index contributed by atoms with van der Waals surface area (Å²) >= 11 is 0. The van der Waals surface area contributed by atoms with Crippen LogP contribution in [-0.2, 0) is 6.54 Å². The van der Waals surface area contributed by atoms with Gasteiger partial charge < -0.3 is 4.98 Å². The molecule has 1 aliphatic heterocycles. The zero-order chi connectivity index (χ0) is 20.5. The van der Waals surface area contributed by atoms with Crippen LogP contribution in [0.2, 0.25) is 0 Å². The van der Waals surface area contributed by atoms with Gasteiger partial charge in [-0.05, 0) is 50.9 Å². The number of aldehydes is 1. The van der Waals surface area contributed by atoms with Crippen LogP contribution in [0, 0.1) is 18.7 Å². The van der Waals surface area contributed by atoms with E-state index in [2.05, 4.69) is 19.9 Å². The second-order valence-corrected chi connectivity index (χ2v) is 7.37. The lowest BCUT2D eigenvalue weighted by atomic mass is 9.90. The van der Waals surface area contributed by atoms with Crippen LogP contribution in [0.4, 0.5) is 8.78 Å². The van der Waals surface area contributed by atoms with Crippen LogP contribution in [0.1, 0.15) is 46.1 Å². The Bertz CT molecular complexity index is 1140. The largest absolute Gasteiger partial charge is 0.317 e. The first-order valence-electron chi connectivity index (χ1n) is 9.48. The molecular weight excluding hydrogens is 378 g/mol. The van der Waals surface area contributed by atoms with Gasteiger partial charge in [-0.3, -0.25) is 14.5 Å². The fourth-order valence-corrected chi connectivity index (χ4v) is 3.85. The summed E-state index contributed by atoms with van der Waals surface area (Å²) in [7, 11) is 0. The van der Waals surface area contributed by atoms with Gasteiger partial charge in [0.1, 0.15) is 16.9 Å². The summed E-state index contributed by atoms with van der Waals surface area (Å²) in [4.78, 5) is 35.0. The third kappa shape index (κ3) is 3.80. The molecule has 0 atom stereocenters. The maximum Gasteiger partial charge on any atom is 0.269 e. The van der Waals surface area contributed by atoms with Gasteiger partial charge in [-0.1, -0.05) is 12.1 Å². The highest BCUT2D eigenvalue weighted by Crippen LogP contribution is 2.30. The van der Waals surface area contributed by atoms with Gasteiger partial charge >= 0.3 is 0 Å². The Morgan fingerprint density at radius 3 is 2.62 bits per heavy atom. The Morgan fingerprint density at radius 1 is 1.17 bits per heavy atom. The number of carbonyl (C=O) groups excluding carboxylic acids is 1. The minimum Gasteiger partial charge on any atom is -0.317 e. The number of rotatable bonds is 4. The number of carbonyl (C=O) groups is 1. The molecule has 150 valence electrons. The van der Waals surface area contributed by atoms with Crippen molar-refractivity contribution < 1.29 is 13.6 Å². The van der Waals surface area contributed by atoms with Crippen molar-refractivity contribution >= 4 is 17.3 Å². The normalized spacial score (nSPS) is 15.7. The molecule has 1 N–H and O–H groups in total. The van der Waals surface area contributed by atoms with Crippen LogP contribution in [-0.4, -0.2) is 39.2 Å². The fourth-order valence-electron chi connectivity index (χ4n) is 3.85. The number of benzene rings is 1. The predicted octanol–water partition coefficient (Wildman–Crippen LogP) is 3.10. The summed E-state index contributed by atoms with van der Waals surface area (Å²) in [5.41, 5.74) is 1.53. The van der Waals surface area contributed by atoms with Gasteiger partial charge in [0.2, 0.25) is 5.95 Å². The van der Waals surface area contributed by atoms with Gasteiger partial charge in [0.25, 0.3) is 5.56 Å². The van der Waals surface area contributed by atoms with E-state index in [9.17, 15) is 18.4 Å². The highest BCUT2D eigenvalue weighted by atomic mass is 19.1. The predicted molar refractivity (Wildman–Crippen MR) is 104 cm³/mol. The van der Waals surface area contributed by atoms with Crippen molar-refractivity contribution in [2.24, 2.45) is 0 Å². The number of piperidine rings is 1. The Labute approximate surface area is 165 Å². The van der Waals surface area contributed by atoms with E-state index < -0.39 is 17.3 Å². The second kappa shape index (κ2) is 7.79. The Morgan fingerprint density at radius 2 is 1.93 bits per heavy atom. The lowest BCUT2D eigenvalue weighted by Gasteiger charge is -2.32. The lowest BCUT2D eigenvalue weighted by molar-refractivity contribution is 0.111. The summed E-state index contributed by atoms with van der Waals surface area (Å²) in [5.74, 6) is -1.04. The molecule has 8 heteroatoms. The highest BCUT2D eigenvalue weighted by Gasteiger charge is 2.24. The molecule has 1 fully saturated rings. The molecule has 0 amide bonds. The number of nitrogens with zero attached hydrogens (tertiary/aromatic N) is 3. The first-order chi connectivity index (χ1) is 14.0. The standard InChI is InChI=1S/C21H20F2N4O2/c1-12-21(29)26-19-17(24-12)5-2-14(18(19)22)10-27-8-6-13(7-9-27)16-4-3-15(11-28)25-20(16)23/h2-5,11,13H,6-10H2,1H3,(H,26,29). The zero-order valence-corrected chi connectivity index (χ0v) is 15.9. The van der Waals surface area contributed by atoms with Crippen LogP contribution >= 0.6 is 0 Å². The first-order valence-corrected chi connectivity index (χ1v) is 9.48. The molecule has 29 heavy (non-hydrogen) atoms. The number of hydrogen-bond donors (Lipinski definition) is 1. The minimum atomic E-state index is -0.597. The van der Waals surface area contributed by atoms with Gasteiger partial charge in [-0.25, -0.2) is 14.4 Å². The third-order valence-electron chi connectivity index (χ3n) is 5.50. The summed E-state index contributed by atoms with van der Waals surface area (Å²) < 4.78 is 29.0. The average molecular weight is 398 g/mol. The first kappa shape index (κ1) is 19.3. The molecule has 4 rings (SSSR count). The van der Waals surface area contributed by atoms with Crippen LogP contribution in [0.25, 0.3) is 11.0 Å². The summed E-state index contributed by atoms with van der Waals surface area (Å²) in [5, 5.41) is 0.